The minimum atomic E-state index is -0.397. The van der Waals surface area contributed by atoms with Gasteiger partial charge in [0.2, 0.25) is 5.91 Å². The number of nitrogens with zero attached hydrogens (tertiary/aromatic N) is 2. The molecule has 1 amide bonds. The number of primary amides is 1. The Labute approximate surface area is 76.3 Å². The van der Waals surface area contributed by atoms with Crippen LogP contribution in [0.5, 0.6) is 0 Å². The SMILES string of the molecule is CN(CC(N)=O)c1cc(N)ccn1. The zero-order valence-corrected chi connectivity index (χ0v) is 7.40. The highest BCUT2D eigenvalue weighted by Gasteiger charge is 2.04. The van der Waals surface area contributed by atoms with E-state index >= 15 is 0 Å². The van der Waals surface area contributed by atoms with Crippen molar-refractivity contribution >= 4 is 17.4 Å². The number of hydrogen-bond acceptors (Lipinski definition) is 4. The molecule has 0 bridgehead atoms. The Bertz CT molecular complexity index is 313. The van der Waals surface area contributed by atoms with Crippen molar-refractivity contribution in [1.82, 2.24) is 4.98 Å². The Morgan fingerprint density at radius 3 is 2.92 bits per heavy atom. The summed E-state index contributed by atoms with van der Waals surface area (Å²) in [5, 5.41) is 0. The predicted octanol–water partition coefficient (Wildman–Crippen LogP) is -0.415. The zero-order valence-electron chi connectivity index (χ0n) is 7.40. The molecular weight excluding hydrogens is 168 g/mol. The van der Waals surface area contributed by atoms with Gasteiger partial charge in [-0.3, -0.25) is 4.79 Å². The predicted molar refractivity (Wildman–Crippen MR) is 51.1 cm³/mol. The molecule has 1 aromatic heterocycles. The van der Waals surface area contributed by atoms with E-state index in [2.05, 4.69) is 4.98 Å². The maximum atomic E-state index is 10.6. The highest BCUT2D eigenvalue weighted by atomic mass is 16.1. The van der Waals surface area contributed by atoms with E-state index < -0.39 is 5.91 Å². The molecule has 1 heterocycles. The van der Waals surface area contributed by atoms with Crippen LogP contribution in [0.4, 0.5) is 11.5 Å². The van der Waals surface area contributed by atoms with Crippen LogP contribution in [0.15, 0.2) is 18.3 Å². The van der Waals surface area contributed by atoms with Crippen LogP contribution in [0.25, 0.3) is 0 Å². The summed E-state index contributed by atoms with van der Waals surface area (Å²) < 4.78 is 0. The van der Waals surface area contributed by atoms with Crippen LogP contribution in [0, 0.1) is 0 Å². The summed E-state index contributed by atoms with van der Waals surface area (Å²) in [5.41, 5.74) is 11.2. The van der Waals surface area contributed by atoms with Crippen molar-refractivity contribution in [3.63, 3.8) is 0 Å². The first-order valence-corrected chi connectivity index (χ1v) is 3.80. The molecule has 0 fully saturated rings. The van der Waals surface area contributed by atoms with Crippen LogP contribution in [0.3, 0.4) is 0 Å². The Hall–Kier alpha value is -1.78. The van der Waals surface area contributed by atoms with E-state index in [4.69, 9.17) is 11.5 Å². The molecule has 0 unspecified atom stereocenters. The van der Waals surface area contributed by atoms with Gasteiger partial charge in [0.15, 0.2) is 0 Å². The first-order valence-electron chi connectivity index (χ1n) is 3.80. The maximum Gasteiger partial charge on any atom is 0.236 e. The van der Waals surface area contributed by atoms with Crippen LogP contribution in [0.1, 0.15) is 0 Å². The van der Waals surface area contributed by atoms with Gasteiger partial charge in [0, 0.05) is 25.0 Å². The number of anilines is 2. The van der Waals surface area contributed by atoms with Crippen LogP contribution in [0.2, 0.25) is 0 Å². The minimum absolute atomic E-state index is 0.135. The fraction of sp³-hybridized carbons (Fsp3) is 0.250. The van der Waals surface area contributed by atoms with Gasteiger partial charge in [-0.25, -0.2) is 4.98 Å². The highest BCUT2D eigenvalue weighted by Crippen LogP contribution is 2.11. The van der Waals surface area contributed by atoms with Gasteiger partial charge in [-0.1, -0.05) is 0 Å². The standard InChI is InChI=1S/C8H12N4O/c1-12(5-7(10)13)8-4-6(9)2-3-11-8/h2-4H,5H2,1H3,(H2,9,11)(H2,10,13). The van der Waals surface area contributed by atoms with Crippen molar-refractivity contribution in [3.8, 4) is 0 Å². The number of hydrogen-bond donors (Lipinski definition) is 2. The number of carbonyl (C=O) groups excluding carboxylic acids is 1. The van der Waals surface area contributed by atoms with E-state index in [-0.39, 0.29) is 6.54 Å². The lowest BCUT2D eigenvalue weighted by atomic mass is 10.4. The lowest BCUT2D eigenvalue weighted by Crippen LogP contribution is -2.31. The summed E-state index contributed by atoms with van der Waals surface area (Å²) in [6.07, 6.45) is 1.59. The number of aromatic nitrogens is 1. The normalized spacial score (nSPS) is 9.62. The average Bonchev–Trinajstić information content (AvgIpc) is 2.03. The van der Waals surface area contributed by atoms with Crippen molar-refractivity contribution < 1.29 is 4.79 Å². The van der Waals surface area contributed by atoms with Gasteiger partial charge < -0.3 is 16.4 Å². The Balaban J connectivity index is 2.76. The molecule has 70 valence electrons. The molecule has 1 aromatic rings. The van der Waals surface area contributed by atoms with E-state index in [1.54, 1.807) is 30.3 Å². The topological polar surface area (TPSA) is 85.2 Å². The van der Waals surface area contributed by atoms with E-state index in [0.29, 0.717) is 11.5 Å². The number of carbonyl (C=O) groups is 1. The smallest absolute Gasteiger partial charge is 0.236 e. The summed E-state index contributed by atoms with van der Waals surface area (Å²) >= 11 is 0. The Morgan fingerprint density at radius 2 is 2.38 bits per heavy atom. The molecule has 0 aliphatic rings. The van der Waals surface area contributed by atoms with Crippen LogP contribution < -0.4 is 16.4 Å². The van der Waals surface area contributed by atoms with Crippen molar-refractivity contribution in [2.75, 3.05) is 24.2 Å². The summed E-state index contributed by atoms with van der Waals surface area (Å²) in [6, 6.07) is 3.37. The monoisotopic (exact) mass is 180 g/mol. The average molecular weight is 180 g/mol. The molecule has 0 spiro atoms. The maximum absolute atomic E-state index is 10.6. The molecule has 0 radical (unpaired) electrons. The van der Waals surface area contributed by atoms with E-state index in [9.17, 15) is 4.79 Å². The van der Waals surface area contributed by atoms with Gasteiger partial charge in [0.25, 0.3) is 0 Å². The third kappa shape index (κ3) is 2.62. The van der Waals surface area contributed by atoms with Crippen molar-refractivity contribution in [2.24, 2.45) is 5.73 Å². The molecule has 0 aliphatic heterocycles. The molecule has 4 N–H and O–H groups in total. The van der Waals surface area contributed by atoms with E-state index in [1.165, 1.54) is 0 Å². The molecule has 13 heavy (non-hydrogen) atoms. The second-order valence-electron chi connectivity index (χ2n) is 2.77. The van der Waals surface area contributed by atoms with E-state index in [0.717, 1.165) is 0 Å². The number of rotatable bonds is 3. The second kappa shape index (κ2) is 3.75. The number of nitrogens with two attached hydrogens (primary N) is 2. The van der Waals surface area contributed by atoms with Crippen molar-refractivity contribution in [1.29, 1.82) is 0 Å². The quantitative estimate of drug-likeness (QED) is 0.661. The largest absolute Gasteiger partial charge is 0.399 e. The first-order chi connectivity index (χ1) is 6.09. The molecule has 0 saturated carbocycles. The molecule has 0 aromatic carbocycles. The molecular formula is C8H12N4O. The van der Waals surface area contributed by atoms with Crippen molar-refractivity contribution in [2.45, 2.75) is 0 Å². The fourth-order valence-corrected chi connectivity index (χ4v) is 0.958. The summed E-state index contributed by atoms with van der Waals surface area (Å²) in [7, 11) is 1.73. The van der Waals surface area contributed by atoms with Gasteiger partial charge in [-0.05, 0) is 6.07 Å². The second-order valence-corrected chi connectivity index (χ2v) is 2.77. The van der Waals surface area contributed by atoms with Gasteiger partial charge in [-0.15, -0.1) is 0 Å². The summed E-state index contributed by atoms with van der Waals surface area (Å²) in [4.78, 5) is 16.3. The highest BCUT2D eigenvalue weighted by molar-refractivity contribution is 5.79. The molecule has 1 rings (SSSR count). The third-order valence-corrected chi connectivity index (χ3v) is 1.55. The molecule has 0 aliphatic carbocycles. The van der Waals surface area contributed by atoms with Gasteiger partial charge in [0.05, 0.1) is 6.54 Å². The van der Waals surface area contributed by atoms with Gasteiger partial charge in [-0.2, -0.15) is 0 Å². The third-order valence-electron chi connectivity index (χ3n) is 1.55. The number of likely N-dealkylation sites (N-methyl/N-ethyl adjacent to an activating group) is 1. The van der Waals surface area contributed by atoms with E-state index in [1.807, 2.05) is 0 Å². The molecule has 0 saturated heterocycles. The summed E-state index contributed by atoms with van der Waals surface area (Å²) in [6.45, 7) is 0.135. The van der Waals surface area contributed by atoms with Crippen molar-refractivity contribution in [3.05, 3.63) is 18.3 Å². The summed E-state index contributed by atoms with van der Waals surface area (Å²) in [5.74, 6) is 0.241. The number of amides is 1. The fourth-order valence-electron chi connectivity index (χ4n) is 0.958. The van der Waals surface area contributed by atoms with Gasteiger partial charge in [0.1, 0.15) is 5.82 Å². The zero-order chi connectivity index (χ0) is 9.84. The first kappa shape index (κ1) is 9.31. The Kier molecular flexibility index (Phi) is 2.69. The number of pyridine rings is 1. The lowest BCUT2D eigenvalue weighted by Gasteiger charge is -2.15. The van der Waals surface area contributed by atoms with Crippen LogP contribution >= 0.6 is 0 Å². The van der Waals surface area contributed by atoms with Gasteiger partial charge >= 0.3 is 0 Å². The molecule has 5 heteroatoms. The van der Waals surface area contributed by atoms with Crippen LogP contribution in [-0.2, 0) is 4.79 Å². The number of nitrogen functional groups attached to an aromatic ring is 1. The lowest BCUT2D eigenvalue weighted by molar-refractivity contribution is -0.116. The molecule has 5 nitrogen and oxygen atoms in total. The van der Waals surface area contributed by atoms with Crippen LogP contribution in [-0.4, -0.2) is 24.5 Å². The minimum Gasteiger partial charge on any atom is -0.399 e. The Morgan fingerprint density at radius 1 is 1.69 bits per heavy atom. The molecule has 0 atom stereocenters.